The van der Waals surface area contributed by atoms with Crippen molar-refractivity contribution >= 4 is 39.4 Å². The minimum Gasteiger partial charge on any atom is -0.406 e. The number of piperidine rings is 1. The lowest BCUT2D eigenvalue weighted by Gasteiger charge is -2.34. The number of rotatable bonds is 7. The highest BCUT2D eigenvalue weighted by Gasteiger charge is 2.55. The van der Waals surface area contributed by atoms with Crippen molar-refractivity contribution in [3.05, 3.63) is 58.7 Å². The highest BCUT2D eigenvalue weighted by molar-refractivity contribution is 7.89. The monoisotopic (exact) mass is 661 g/mol. The fourth-order valence-electron chi connectivity index (χ4n) is 7.14. The molecular weight excluding hydrogens is 627 g/mol. The number of imide groups is 1. The maximum atomic E-state index is 13.4. The second-order valence-corrected chi connectivity index (χ2v) is 14.5. The Morgan fingerprint density at radius 2 is 1.52 bits per heavy atom. The van der Waals surface area contributed by atoms with Crippen LogP contribution >= 0.6 is 0 Å². The van der Waals surface area contributed by atoms with Crippen LogP contribution in [0.1, 0.15) is 60.8 Å². The highest BCUT2D eigenvalue weighted by Crippen LogP contribution is 2.42. The van der Waals surface area contributed by atoms with Gasteiger partial charge in [-0.2, -0.15) is 0 Å². The molecule has 0 bridgehead atoms. The number of ether oxygens (including phenoxy) is 1. The van der Waals surface area contributed by atoms with Gasteiger partial charge in [0.25, 0.3) is 11.8 Å². The lowest BCUT2D eigenvalue weighted by Crippen LogP contribution is -2.50. The molecule has 4 aliphatic rings. The van der Waals surface area contributed by atoms with E-state index in [1.54, 1.807) is 4.90 Å². The molecule has 0 unspecified atom stereocenters. The minimum atomic E-state index is -4.82. The maximum Gasteiger partial charge on any atom is 0.573 e. The Morgan fingerprint density at radius 1 is 0.913 bits per heavy atom. The number of carbonyl (C=O) groups excluding carboxylic acids is 3. The Kier molecular flexibility index (Phi) is 7.90. The standard InChI is InChI=1S/C31H34F3N5O6S/c1-19-17-22(39-28(42)36-27(41)30(39)10-3-4-11-30)18-20(2)24(19)9-16-46(43,44)38-14-12-29(13-15-38)26(40)35-25(37-29)21-5-7-23(8-6-21)45-31(32,33)34/h5-8,17-18H,3-4,9-16H2,1-2H3,(H,35,37,40)(H,36,41,42). The summed E-state index contributed by atoms with van der Waals surface area (Å²) in [5.41, 5.74) is 1.49. The number of urea groups is 1. The van der Waals surface area contributed by atoms with Gasteiger partial charge in [-0.25, -0.2) is 17.5 Å². The van der Waals surface area contributed by atoms with Crippen LogP contribution in [0, 0.1) is 13.8 Å². The molecule has 11 nitrogen and oxygen atoms in total. The van der Waals surface area contributed by atoms with Crippen LogP contribution < -0.4 is 20.3 Å². The molecule has 4 amide bonds. The molecule has 6 rings (SSSR count). The van der Waals surface area contributed by atoms with E-state index in [4.69, 9.17) is 0 Å². The molecule has 2 spiro atoms. The number of sulfonamides is 1. The average Bonchev–Trinajstić information content (AvgIpc) is 3.65. The van der Waals surface area contributed by atoms with Crippen molar-refractivity contribution in [1.82, 2.24) is 14.9 Å². The normalized spacial score (nSPS) is 21.2. The van der Waals surface area contributed by atoms with E-state index in [1.807, 2.05) is 26.0 Å². The van der Waals surface area contributed by atoms with E-state index in [-0.39, 0.29) is 55.8 Å². The predicted octanol–water partition coefficient (Wildman–Crippen LogP) is 3.85. The number of aliphatic imine (C=N–C) groups is 1. The van der Waals surface area contributed by atoms with Crippen molar-refractivity contribution in [2.75, 3.05) is 23.7 Å². The summed E-state index contributed by atoms with van der Waals surface area (Å²) in [6.07, 6.45) is -1.35. The predicted molar refractivity (Wildman–Crippen MR) is 162 cm³/mol. The van der Waals surface area contributed by atoms with Crippen LogP contribution in [0.4, 0.5) is 23.7 Å². The number of hydrogen-bond donors (Lipinski definition) is 2. The van der Waals surface area contributed by atoms with Crippen molar-refractivity contribution in [3.8, 4) is 5.75 Å². The largest absolute Gasteiger partial charge is 0.573 e. The third-order valence-corrected chi connectivity index (χ3v) is 11.4. The Balaban J connectivity index is 1.10. The first-order valence-electron chi connectivity index (χ1n) is 15.1. The zero-order valence-electron chi connectivity index (χ0n) is 25.4. The van der Waals surface area contributed by atoms with Gasteiger partial charge in [0.05, 0.1) is 5.75 Å². The number of benzene rings is 2. The van der Waals surface area contributed by atoms with Crippen LogP contribution in [0.25, 0.3) is 0 Å². The number of nitrogens with one attached hydrogen (secondary N) is 2. The fraction of sp³-hybridized carbons (Fsp3) is 0.484. The van der Waals surface area contributed by atoms with Crippen molar-refractivity contribution < 1.29 is 40.7 Å². The molecule has 2 N–H and O–H groups in total. The summed E-state index contributed by atoms with van der Waals surface area (Å²) >= 11 is 0. The van der Waals surface area contributed by atoms with Crippen molar-refractivity contribution in [3.63, 3.8) is 0 Å². The number of carbonyl (C=O) groups is 3. The van der Waals surface area contributed by atoms with E-state index in [0.29, 0.717) is 24.1 Å². The van der Waals surface area contributed by atoms with E-state index < -0.39 is 39.2 Å². The number of nitrogens with zero attached hydrogens (tertiary/aromatic N) is 3. The summed E-state index contributed by atoms with van der Waals surface area (Å²) in [6.45, 7) is 3.90. The molecule has 1 aliphatic carbocycles. The van der Waals surface area contributed by atoms with Gasteiger partial charge < -0.3 is 10.1 Å². The molecule has 2 saturated heterocycles. The Labute approximate surface area is 264 Å². The molecule has 3 heterocycles. The molecule has 1 saturated carbocycles. The molecule has 0 radical (unpaired) electrons. The Hall–Kier alpha value is -3.98. The van der Waals surface area contributed by atoms with Gasteiger partial charge >= 0.3 is 12.4 Å². The van der Waals surface area contributed by atoms with E-state index >= 15 is 0 Å². The first-order chi connectivity index (χ1) is 21.6. The highest BCUT2D eigenvalue weighted by atomic mass is 32.2. The van der Waals surface area contributed by atoms with Crippen molar-refractivity contribution in [2.24, 2.45) is 4.99 Å². The van der Waals surface area contributed by atoms with E-state index in [2.05, 4.69) is 20.4 Å². The first-order valence-corrected chi connectivity index (χ1v) is 16.7. The molecule has 2 aromatic carbocycles. The van der Waals surface area contributed by atoms with Gasteiger partial charge in [-0.1, -0.05) is 12.8 Å². The molecule has 46 heavy (non-hydrogen) atoms. The number of alkyl halides is 3. The number of halogens is 3. The molecular formula is C31H34F3N5O6S. The summed E-state index contributed by atoms with van der Waals surface area (Å²) in [5, 5.41) is 5.15. The van der Waals surface area contributed by atoms with E-state index in [0.717, 1.165) is 41.7 Å². The number of amides is 4. The molecule has 15 heteroatoms. The average molecular weight is 662 g/mol. The van der Waals surface area contributed by atoms with Crippen LogP contribution in [-0.4, -0.2) is 72.7 Å². The van der Waals surface area contributed by atoms with Gasteiger partial charge in [-0.3, -0.25) is 24.8 Å². The summed E-state index contributed by atoms with van der Waals surface area (Å²) in [6, 6.07) is 8.22. The van der Waals surface area contributed by atoms with E-state index in [9.17, 15) is 36.0 Å². The number of aryl methyl sites for hydroxylation is 2. The first kappa shape index (κ1) is 32.0. The van der Waals surface area contributed by atoms with Crippen LogP contribution in [0.2, 0.25) is 0 Å². The number of anilines is 1. The van der Waals surface area contributed by atoms with Crippen LogP contribution in [0.3, 0.4) is 0 Å². The zero-order valence-corrected chi connectivity index (χ0v) is 26.2. The Morgan fingerprint density at radius 3 is 2.11 bits per heavy atom. The second kappa shape index (κ2) is 11.4. The third kappa shape index (κ3) is 5.74. The SMILES string of the molecule is Cc1cc(N2C(=O)NC(=O)C23CCCC3)cc(C)c1CCS(=O)(=O)N1CCC2(CC1)N=C(c1ccc(OC(F)(F)F)cc1)NC2=O. The quantitative estimate of drug-likeness (QED) is 0.433. The minimum absolute atomic E-state index is 0.0853. The van der Waals surface area contributed by atoms with Gasteiger partial charge in [-0.05, 0) is 99.0 Å². The van der Waals surface area contributed by atoms with Gasteiger partial charge in [0.15, 0.2) is 0 Å². The molecule has 0 aromatic heterocycles. The summed E-state index contributed by atoms with van der Waals surface area (Å²) < 4.78 is 69.5. The van der Waals surface area contributed by atoms with Gasteiger partial charge in [0, 0.05) is 24.3 Å². The lowest BCUT2D eigenvalue weighted by molar-refractivity contribution is -0.274. The van der Waals surface area contributed by atoms with Gasteiger partial charge in [0.2, 0.25) is 10.0 Å². The lowest BCUT2D eigenvalue weighted by atomic mass is 9.89. The van der Waals surface area contributed by atoms with Crippen LogP contribution in [-0.2, 0) is 26.0 Å². The number of amidine groups is 1. The Bertz CT molecular complexity index is 1700. The molecule has 246 valence electrons. The molecule has 2 aromatic rings. The number of hydrogen-bond acceptors (Lipinski definition) is 7. The zero-order chi connectivity index (χ0) is 33.1. The van der Waals surface area contributed by atoms with Crippen LogP contribution in [0.5, 0.6) is 5.75 Å². The smallest absolute Gasteiger partial charge is 0.406 e. The molecule has 3 fully saturated rings. The van der Waals surface area contributed by atoms with Crippen molar-refractivity contribution in [2.45, 2.75) is 76.2 Å². The maximum absolute atomic E-state index is 13.4. The third-order valence-electron chi connectivity index (χ3n) is 9.54. The molecule has 0 atom stereocenters. The van der Waals surface area contributed by atoms with E-state index in [1.165, 1.54) is 16.4 Å². The second-order valence-electron chi connectivity index (χ2n) is 12.4. The summed E-state index contributed by atoms with van der Waals surface area (Å²) in [4.78, 5) is 44.6. The van der Waals surface area contributed by atoms with Crippen LogP contribution in [0.15, 0.2) is 41.4 Å². The summed E-state index contributed by atoms with van der Waals surface area (Å²) in [5.74, 6) is -0.989. The fourth-order valence-corrected chi connectivity index (χ4v) is 8.59. The summed E-state index contributed by atoms with van der Waals surface area (Å²) in [7, 11) is -3.70. The van der Waals surface area contributed by atoms with Gasteiger partial charge in [0.1, 0.15) is 22.7 Å². The van der Waals surface area contributed by atoms with Crippen molar-refractivity contribution in [1.29, 1.82) is 0 Å². The topological polar surface area (TPSA) is 137 Å². The van der Waals surface area contributed by atoms with Gasteiger partial charge in [-0.15, -0.1) is 13.2 Å². The molecule has 3 aliphatic heterocycles.